The topological polar surface area (TPSA) is 29.3 Å². The van der Waals surface area contributed by atoms with E-state index in [1.165, 1.54) is 6.07 Å². The third kappa shape index (κ3) is 2.28. The van der Waals surface area contributed by atoms with Gasteiger partial charge in [0.1, 0.15) is 5.82 Å². The molecule has 3 rings (SSSR count). The third-order valence-electron chi connectivity index (χ3n) is 3.84. The molecule has 0 saturated heterocycles. The highest BCUT2D eigenvalue weighted by molar-refractivity contribution is 6.31. The minimum absolute atomic E-state index is 0.0215. The monoisotopic (exact) mass is 290 g/mol. The van der Waals surface area contributed by atoms with Crippen LogP contribution in [0, 0.1) is 5.82 Å². The van der Waals surface area contributed by atoms with E-state index in [-0.39, 0.29) is 11.9 Å². The predicted octanol–water partition coefficient (Wildman–Crippen LogP) is 3.54. The zero-order chi connectivity index (χ0) is 14.1. The minimum Gasteiger partial charge on any atom is -0.363 e. The molecule has 2 aromatic rings. The lowest BCUT2D eigenvalue weighted by Gasteiger charge is -2.30. The SMILES string of the molecule is NCC(c1ccccc1Cl)N1CCc2ccc(F)cc21. The molecule has 1 aliphatic rings. The fourth-order valence-corrected chi connectivity index (χ4v) is 3.13. The highest BCUT2D eigenvalue weighted by Gasteiger charge is 2.27. The maximum Gasteiger partial charge on any atom is 0.125 e. The van der Waals surface area contributed by atoms with Gasteiger partial charge in [0.05, 0.1) is 6.04 Å². The van der Waals surface area contributed by atoms with Crippen molar-refractivity contribution in [1.29, 1.82) is 0 Å². The highest BCUT2D eigenvalue weighted by Crippen LogP contribution is 2.37. The molecule has 0 radical (unpaired) electrons. The van der Waals surface area contributed by atoms with Crippen LogP contribution in [0.2, 0.25) is 5.02 Å². The molecular formula is C16H16ClFN2. The summed E-state index contributed by atoms with van der Waals surface area (Å²) in [5, 5.41) is 0.702. The first kappa shape index (κ1) is 13.4. The van der Waals surface area contributed by atoms with Crippen LogP contribution in [0.3, 0.4) is 0 Å². The molecule has 0 spiro atoms. The number of rotatable bonds is 3. The first-order valence-corrected chi connectivity index (χ1v) is 7.08. The summed E-state index contributed by atoms with van der Waals surface area (Å²) in [6.07, 6.45) is 0.913. The van der Waals surface area contributed by atoms with Gasteiger partial charge < -0.3 is 10.6 Å². The summed E-state index contributed by atoms with van der Waals surface area (Å²) in [4.78, 5) is 2.15. The Morgan fingerprint density at radius 2 is 2.05 bits per heavy atom. The van der Waals surface area contributed by atoms with Gasteiger partial charge in [-0.2, -0.15) is 0 Å². The number of hydrogen-bond acceptors (Lipinski definition) is 2. The molecule has 0 bridgehead atoms. The van der Waals surface area contributed by atoms with Gasteiger partial charge >= 0.3 is 0 Å². The van der Waals surface area contributed by atoms with Crippen LogP contribution in [-0.4, -0.2) is 13.1 Å². The van der Waals surface area contributed by atoms with E-state index in [1.54, 1.807) is 6.07 Å². The Labute approximate surface area is 123 Å². The largest absolute Gasteiger partial charge is 0.363 e. The Hall–Kier alpha value is -1.58. The Balaban J connectivity index is 2.01. The fourth-order valence-electron chi connectivity index (χ4n) is 2.87. The van der Waals surface area contributed by atoms with Crippen LogP contribution in [0.5, 0.6) is 0 Å². The van der Waals surface area contributed by atoms with Crippen LogP contribution in [0.25, 0.3) is 0 Å². The molecule has 0 aliphatic carbocycles. The Morgan fingerprint density at radius 1 is 1.25 bits per heavy atom. The second-order valence-electron chi connectivity index (χ2n) is 4.99. The Bertz CT molecular complexity index is 630. The van der Waals surface area contributed by atoms with Crippen molar-refractivity contribution < 1.29 is 4.39 Å². The zero-order valence-electron chi connectivity index (χ0n) is 11.0. The van der Waals surface area contributed by atoms with Crippen molar-refractivity contribution in [3.8, 4) is 0 Å². The van der Waals surface area contributed by atoms with Crippen LogP contribution in [0.4, 0.5) is 10.1 Å². The molecule has 0 fully saturated rings. The van der Waals surface area contributed by atoms with Crippen LogP contribution >= 0.6 is 11.6 Å². The molecule has 2 aromatic carbocycles. The standard InChI is InChI=1S/C16H16ClFN2/c17-14-4-2-1-3-13(14)16(10-19)20-8-7-11-5-6-12(18)9-15(11)20/h1-6,9,16H,7-8,10,19H2. The fraction of sp³-hybridized carbons (Fsp3) is 0.250. The summed E-state index contributed by atoms with van der Waals surface area (Å²) in [6.45, 7) is 1.28. The lowest BCUT2D eigenvalue weighted by molar-refractivity contribution is 0.621. The summed E-state index contributed by atoms with van der Waals surface area (Å²) in [5.74, 6) is -0.217. The van der Waals surface area contributed by atoms with E-state index in [9.17, 15) is 4.39 Å². The molecule has 104 valence electrons. The average molecular weight is 291 g/mol. The Morgan fingerprint density at radius 3 is 2.80 bits per heavy atom. The third-order valence-corrected chi connectivity index (χ3v) is 4.19. The quantitative estimate of drug-likeness (QED) is 0.937. The van der Waals surface area contributed by atoms with E-state index < -0.39 is 0 Å². The zero-order valence-corrected chi connectivity index (χ0v) is 11.8. The number of anilines is 1. The highest BCUT2D eigenvalue weighted by atomic mass is 35.5. The molecule has 4 heteroatoms. The number of fused-ring (bicyclic) bond motifs is 1. The summed E-state index contributed by atoms with van der Waals surface area (Å²) < 4.78 is 13.5. The maximum absolute atomic E-state index is 13.5. The first-order valence-electron chi connectivity index (χ1n) is 6.70. The molecule has 0 saturated carbocycles. The van der Waals surface area contributed by atoms with E-state index >= 15 is 0 Å². The Kier molecular flexibility index (Phi) is 3.64. The van der Waals surface area contributed by atoms with Crippen molar-refractivity contribution in [2.75, 3.05) is 18.0 Å². The second-order valence-corrected chi connectivity index (χ2v) is 5.40. The van der Waals surface area contributed by atoms with Crippen molar-refractivity contribution >= 4 is 17.3 Å². The molecule has 0 aromatic heterocycles. The van der Waals surface area contributed by atoms with Crippen molar-refractivity contribution in [3.63, 3.8) is 0 Å². The van der Waals surface area contributed by atoms with Gasteiger partial charge in [0, 0.05) is 23.8 Å². The van der Waals surface area contributed by atoms with E-state index in [0.29, 0.717) is 11.6 Å². The van der Waals surface area contributed by atoms with E-state index in [4.69, 9.17) is 17.3 Å². The van der Waals surface area contributed by atoms with Crippen LogP contribution < -0.4 is 10.6 Å². The van der Waals surface area contributed by atoms with Gasteiger partial charge in [-0.3, -0.25) is 0 Å². The summed E-state index contributed by atoms with van der Waals surface area (Å²) in [6, 6.07) is 12.6. The summed E-state index contributed by atoms with van der Waals surface area (Å²) in [5.41, 5.74) is 9.04. The van der Waals surface area contributed by atoms with Crippen molar-refractivity contribution in [1.82, 2.24) is 0 Å². The van der Waals surface area contributed by atoms with Crippen LogP contribution in [-0.2, 0) is 6.42 Å². The van der Waals surface area contributed by atoms with Gasteiger partial charge in [0.15, 0.2) is 0 Å². The molecule has 0 amide bonds. The van der Waals surface area contributed by atoms with Gasteiger partial charge in [-0.05, 0) is 35.7 Å². The average Bonchev–Trinajstić information content (AvgIpc) is 2.85. The number of nitrogens with two attached hydrogens (primary N) is 1. The molecule has 2 nitrogen and oxygen atoms in total. The van der Waals surface area contributed by atoms with E-state index in [1.807, 2.05) is 30.3 Å². The van der Waals surface area contributed by atoms with Gasteiger partial charge in [0.2, 0.25) is 0 Å². The van der Waals surface area contributed by atoms with Crippen molar-refractivity contribution in [2.24, 2.45) is 5.73 Å². The molecule has 20 heavy (non-hydrogen) atoms. The number of halogens is 2. The normalized spacial score (nSPS) is 15.2. The summed E-state index contributed by atoms with van der Waals surface area (Å²) in [7, 11) is 0. The molecule has 2 N–H and O–H groups in total. The lowest BCUT2D eigenvalue weighted by atomic mass is 10.0. The van der Waals surface area contributed by atoms with Crippen LogP contribution in [0.1, 0.15) is 17.2 Å². The van der Waals surface area contributed by atoms with Crippen LogP contribution in [0.15, 0.2) is 42.5 Å². The van der Waals surface area contributed by atoms with Gasteiger partial charge in [0.25, 0.3) is 0 Å². The number of nitrogens with zero attached hydrogens (tertiary/aromatic N) is 1. The molecule has 1 unspecified atom stereocenters. The number of benzene rings is 2. The van der Waals surface area contributed by atoms with Crippen molar-refractivity contribution in [3.05, 3.63) is 64.4 Å². The minimum atomic E-state index is -0.217. The predicted molar refractivity (Wildman–Crippen MR) is 80.7 cm³/mol. The van der Waals surface area contributed by atoms with Gasteiger partial charge in [-0.25, -0.2) is 4.39 Å². The molecule has 1 atom stereocenters. The maximum atomic E-state index is 13.5. The van der Waals surface area contributed by atoms with Gasteiger partial charge in [-0.15, -0.1) is 0 Å². The number of hydrogen-bond donors (Lipinski definition) is 1. The van der Waals surface area contributed by atoms with Gasteiger partial charge in [-0.1, -0.05) is 35.9 Å². The van der Waals surface area contributed by atoms with Crippen molar-refractivity contribution in [2.45, 2.75) is 12.5 Å². The lowest BCUT2D eigenvalue weighted by Crippen LogP contribution is -2.32. The second kappa shape index (κ2) is 5.43. The van der Waals surface area contributed by atoms with E-state index in [0.717, 1.165) is 29.8 Å². The summed E-state index contributed by atoms with van der Waals surface area (Å²) >= 11 is 6.28. The molecule has 1 heterocycles. The molecule has 1 aliphatic heterocycles. The first-order chi connectivity index (χ1) is 9.70. The van der Waals surface area contributed by atoms with E-state index in [2.05, 4.69) is 4.90 Å². The molecular weight excluding hydrogens is 275 g/mol. The smallest absolute Gasteiger partial charge is 0.125 e.